The summed E-state index contributed by atoms with van der Waals surface area (Å²) in [5.74, 6) is 0.112. The van der Waals surface area contributed by atoms with Crippen LogP contribution in [0.1, 0.15) is 16.3 Å². The summed E-state index contributed by atoms with van der Waals surface area (Å²) in [6.45, 7) is 0. The number of carbonyl (C=O) groups is 1. The highest BCUT2D eigenvalue weighted by atomic mass is 16.1. The van der Waals surface area contributed by atoms with Crippen molar-refractivity contribution in [1.29, 1.82) is 0 Å². The van der Waals surface area contributed by atoms with Gasteiger partial charge in [-0.15, -0.1) is 0 Å². The molecular weight excluding hydrogens is 238 g/mol. The first-order chi connectivity index (χ1) is 9.33. The van der Waals surface area contributed by atoms with Crippen molar-refractivity contribution >= 4 is 16.7 Å². The lowest BCUT2D eigenvalue weighted by molar-refractivity contribution is 0.0982. The quantitative estimate of drug-likeness (QED) is 0.669. The maximum atomic E-state index is 12.0. The van der Waals surface area contributed by atoms with Crippen molar-refractivity contribution in [2.75, 3.05) is 0 Å². The average Bonchev–Trinajstić information content (AvgIpc) is 2.48. The molecule has 1 aromatic carbocycles. The van der Waals surface area contributed by atoms with E-state index in [1.54, 1.807) is 18.5 Å². The number of fused-ring (bicyclic) bond motifs is 1. The molecule has 0 amide bonds. The van der Waals surface area contributed by atoms with E-state index in [2.05, 4.69) is 15.0 Å². The van der Waals surface area contributed by atoms with Crippen molar-refractivity contribution in [3.8, 4) is 0 Å². The third-order valence-electron chi connectivity index (χ3n) is 2.81. The van der Waals surface area contributed by atoms with Crippen molar-refractivity contribution in [3.05, 3.63) is 66.4 Å². The molecule has 0 saturated heterocycles. The van der Waals surface area contributed by atoms with Gasteiger partial charge in [-0.2, -0.15) is 0 Å². The van der Waals surface area contributed by atoms with Crippen LogP contribution in [0.3, 0.4) is 0 Å². The van der Waals surface area contributed by atoms with Gasteiger partial charge in [0.15, 0.2) is 5.82 Å². The fourth-order valence-electron chi connectivity index (χ4n) is 1.89. The van der Waals surface area contributed by atoms with Crippen LogP contribution in [0.25, 0.3) is 10.9 Å². The molecule has 92 valence electrons. The SMILES string of the molecule is O=C(Cc1ccc2ccccc2n1)c1ncccn1. The first kappa shape index (κ1) is 11.5. The van der Waals surface area contributed by atoms with Crippen molar-refractivity contribution in [2.45, 2.75) is 6.42 Å². The summed E-state index contributed by atoms with van der Waals surface area (Å²) in [5.41, 5.74) is 1.62. The Kier molecular flexibility index (Phi) is 2.98. The first-order valence-corrected chi connectivity index (χ1v) is 5.98. The van der Waals surface area contributed by atoms with Crippen LogP contribution in [0.15, 0.2) is 54.9 Å². The number of Topliss-reactive ketones (excluding diaryl/α,β-unsaturated/α-hetero) is 1. The number of hydrogen-bond donors (Lipinski definition) is 0. The molecule has 19 heavy (non-hydrogen) atoms. The Balaban J connectivity index is 1.87. The first-order valence-electron chi connectivity index (χ1n) is 5.98. The number of hydrogen-bond acceptors (Lipinski definition) is 4. The molecule has 3 aromatic rings. The highest BCUT2D eigenvalue weighted by Gasteiger charge is 2.10. The topological polar surface area (TPSA) is 55.7 Å². The average molecular weight is 249 g/mol. The van der Waals surface area contributed by atoms with Crippen LogP contribution in [0.5, 0.6) is 0 Å². The smallest absolute Gasteiger partial charge is 0.205 e. The van der Waals surface area contributed by atoms with E-state index in [1.165, 1.54) is 0 Å². The Morgan fingerprint density at radius 1 is 0.947 bits per heavy atom. The molecule has 0 bridgehead atoms. The maximum Gasteiger partial charge on any atom is 0.205 e. The van der Waals surface area contributed by atoms with E-state index in [4.69, 9.17) is 0 Å². The lowest BCUT2D eigenvalue weighted by atomic mass is 10.1. The second-order valence-electron chi connectivity index (χ2n) is 4.17. The maximum absolute atomic E-state index is 12.0. The van der Waals surface area contributed by atoms with Crippen LogP contribution in [-0.4, -0.2) is 20.7 Å². The fraction of sp³-hybridized carbons (Fsp3) is 0.0667. The van der Waals surface area contributed by atoms with Crippen LogP contribution in [0.4, 0.5) is 0 Å². The summed E-state index contributed by atoms with van der Waals surface area (Å²) in [6.07, 6.45) is 3.34. The van der Waals surface area contributed by atoms with Gasteiger partial charge in [0, 0.05) is 23.5 Å². The van der Waals surface area contributed by atoms with Gasteiger partial charge in [0.2, 0.25) is 5.78 Å². The lowest BCUT2D eigenvalue weighted by Gasteiger charge is -2.02. The zero-order valence-electron chi connectivity index (χ0n) is 10.2. The van der Waals surface area contributed by atoms with Crippen molar-refractivity contribution in [2.24, 2.45) is 0 Å². The molecule has 0 aliphatic heterocycles. The Morgan fingerprint density at radius 3 is 2.58 bits per heavy atom. The molecular formula is C15H11N3O. The van der Waals surface area contributed by atoms with E-state index in [9.17, 15) is 4.79 Å². The Labute approximate surface area is 110 Å². The molecule has 0 atom stereocenters. The molecule has 0 fully saturated rings. The molecule has 4 nitrogen and oxygen atoms in total. The number of aromatic nitrogens is 3. The molecule has 0 saturated carbocycles. The van der Waals surface area contributed by atoms with E-state index in [1.807, 2.05) is 36.4 Å². The van der Waals surface area contributed by atoms with Crippen LogP contribution in [-0.2, 0) is 6.42 Å². The Morgan fingerprint density at radius 2 is 1.74 bits per heavy atom. The van der Waals surface area contributed by atoms with Gasteiger partial charge in [0.25, 0.3) is 0 Å². The molecule has 2 heterocycles. The van der Waals surface area contributed by atoms with Gasteiger partial charge >= 0.3 is 0 Å². The van der Waals surface area contributed by atoms with Gasteiger partial charge in [-0.25, -0.2) is 9.97 Å². The fourth-order valence-corrected chi connectivity index (χ4v) is 1.89. The molecule has 0 N–H and O–H groups in total. The summed E-state index contributed by atoms with van der Waals surface area (Å²) >= 11 is 0. The number of carbonyl (C=O) groups excluding carboxylic acids is 1. The number of ketones is 1. The molecule has 0 unspecified atom stereocenters. The van der Waals surface area contributed by atoms with E-state index in [0.29, 0.717) is 0 Å². The molecule has 2 aromatic heterocycles. The van der Waals surface area contributed by atoms with Crippen LogP contribution in [0.2, 0.25) is 0 Å². The van der Waals surface area contributed by atoms with Crippen LogP contribution < -0.4 is 0 Å². The monoisotopic (exact) mass is 249 g/mol. The zero-order chi connectivity index (χ0) is 13.1. The number of para-hydroxylation sites is 1. The van der Waals surface area contributed by atoms with Crippen molar-refractivity contribution in [1.82, 2.24) is 15.0 Å². The molecule has 0 spiro atoms. The number of pyridine rings is 1. The number of nitrogens with zero attached hydrogens (tertiary/aromatic N) is 3. The largest absolute Gasteiger partial charge is 0.290 e. The van der Waals surface area contributed by atoms with Gasteiger partial charge in [-0.05, 0) is 18.2 Å². The van der Waals surface area contributed by atoms with Gasteiger partial charge in [0.05, 0.1) is 11.9 Å². The number of rotatable bonds is 3. The Bertz CT molecular complexity index is 726. The van der Waals surface area contributed by atoms with E-state index >= 15 is 0 Å². The number of benzene rings is 1. The summed E-state index contributed by atoms with van der Waals surface area (Å²) in [5, 5.41) is 1.06. The summed E-state index contributed by atoms with van der Waals surface area (Å²) < 4.78 is 0. The molecule has 0 aliphatic carbocycles. The summed E-state index contributed by atoms with van der Waals surface area (Å²) in [7, 11) is 0. The van der Waals surface area contributed by atoms with Gasteiger partial charge < -0.3 is 0 Å². The van der Waals surface area contributed by atoms with E-state index in [0.717, 1.165) is 16.6 Å². The van der Waals surface area contributed by atoms with E-state index < -0.39 is 0 Å². The zero-order valence-corrected chi connectivity index (χ0v) is 10.2. The minimum atomic E-state index is -0.122. The van der Waals surface area contributed by atoms with Gasteiger partial charge in [0.1, 0.15) is 0 Å². The Hall–Kier alpha value is -2.62. The third kappa shape index (κ3) is 2.47. The van der Waals surface area contributed by atoms with Gasteiger partial charge in [-0.1, -0.05) is 24.3 Å². The lowest BCUT2D eigenvalue weighted by Crippen LogP contribution is -2.09. The van der Waals surface area contributed by atoms with Gasteiger partial charge in [-0.3, -0.25) is 9.78 Å². The van der Waals surface area contributed by atoms with Crippen molar-refractivity contribution < 1.29 is 4.79 Å². The van der Waals surface area contributed by atoms with E-state index in [-0.39, 0.29) is 18.0 Å². The van der Waals surface area contributed by atoms with Crippen LogP contribution in [0, 0.1) is 0 Å². The highest BCUT2D eigenvalue weighted by molar-refractivity contribution is 5.94. The highest BCUT2D eigenvalue weighted by Crippen LogP contribution is 2.12. The summed E-state index contributed by atoms with van der Waals surface area (Å²) in [6, 6.07) is 13.3. The van der Waals surface area contributed by atoms with Crippen LogP contribution >= 0.6 is 0 Å². The minimum absolute atomic E-state index is 0.122. The molecule has 3 rings (SSSR count). The molecule has 0 radical (unpaired) electrons. The second-order valence-corrected chi connectivity index (χ2v) is 4.17. The minimum Gasteiger partial charge on any atom is -0.290 e. The predicted octanol–water partition coefficient (Wildman–Crippen LogP) is 2.45. The molecule has 0 aliphatic rings. The second kappa shape index (κ2) is 4.94. The standard InChI is InChI=1S/C15H11N3O/c19-14(15-16-8-3-9-17-15)10-12-7-6-11-4-1-2-5-13(11)18-12/h1-9H,10H2. The third-order valence-corrected chi connectivity index (χ3v) is 2.81. The van der Waals surface area contributed by atoms with Crippen molar-refractivity contribution in [3.63, 3.8) is 0 Å². The molecule has 4 heteroatoms. The predicted molar refractivity (Wildman–Crippen MR) is 71.8 cm³/mol. The normalized spacial score (nSPS) is 10.5. The summed E-state index contributed by atoms with van der Waals surface area (Å²) in [4.78, 5) is 24.3.